The molecule has 0 unspecified atom stereocenters. The van der Waals surface area contributed by atoms with E-state index in [4.69, 9.17) is 21.1 Å². The lowest BCUT2D eigenvalue weighted by atomic mass is 10.2. The zero-order valence-electron chi connectivity index (χ0n) is 17.3. The number of amides is 1. The Morgan fingerprint density at radius 2 is 2.07 bits per heavy atom. The molecular formula is C23H28ClFN2O3. The average molecular weight is 435 g/mol. The molecule has 7 heteroatoms. The molecule has 0 saturated carbocycles. The number of likely N-dealkylation sites (tertiary alicyclic amines) is 1. The highest BCUT2D eigenvalue weighted by atomic mass is 35.5. The van der Waals surface area contributed by atoms with Crippen LogP contribution < -0.4 is 14.8 Å². The summed E-state index contributed by atoms with van der Waals surface area (Å²) in [5.74, 6) is 0.899. The number of nitrogens with zero attached hydrogens (tertiary/aromatic N) is 1. The first kappa shape index (κ1) is 22.4. The lowest BCUT2D eigenvalue weighted by Crippen LogP contribution is -2.28. The first-order valence-electron chi connectivity index (χ1n) is 10.4. The number of carbonyl (C=O) groups excluding carboxylic acids is 1. The highest BCUT2D eigenvalue weighted by molar-refractivity contribution is 6.32. The van der Waals surface area contributed by atoms with Gasteiger partial charge < -0.3 is 19.7 Å². The number of hydrogen-bond acceptors (Lipinski definition) is 4. The monoisotopic (exact) mass is 434 g/mol. The Morgan fingerprint density at radius 1 is 1.23 bits per heavy atom. The van der Waals surface area contributed by atoms with Crippen molar-refractivity contribution in [3.63, 3.8) is 0 Å². The highest BCUT2D eigenvalue weighted by Crippen LogP contribution is 2.37. The van der Waals surface area contributed by atoms with Gasteiger partial charge in [-0.3, -0.25) is 4.79 Å². The number of halogens is 2. The van der Waals surface area contributed by atoms with Gasteiger partial charge in [0.05, 0.1) is 11.6 Å². The van der Waals surface area contributed by atoms with E-state index in [-0.39, 0.29) is 18.3 Å². The lowest BCUT2D eigenvalue weighted by Gasteiger charge is -2.17. The summed E-state index contributed by atoms with van der Waals surface area (Å²) in [5, 5.41) is 3.81. The molecule has 1 N–H and O–H groups in total. The average Bonchev–Trinajstić information content (AvgIpc) is 3.13. The number of hydrogen-bond donors (Lipinski definition) is 1. The number of rotatable bonds is 11. The highest BCUT2D eigenvalue weighted by Gasteiger charge is 2.19. The normalized spacial score (nSPS) is 13.7. The first-order valence-corrected chi connectivity index (χ1v) is 10.8. The van der Waals surface area contributed by atoms with Gasteiger partial charge in [0.25, 0.3) is 0 Å². The molecule has 2 aromatic carbocycles. The van der Waals surface area contributed by atoms with Gasteiger partial charge in [0.15, 0.2) is 11.5 Å². The molecule has 1 saturated heterocycles. The molecule has 0 radical (unpaired) electrons. The summed E-state index contributed by atoms with van der Waals surface area (Å²) in [5.41, 5.74) is 1.43. The fourth-order valence-electron chi connectivity index (χ4n) is 3.46. The van der Waals surface area contributed by atoms with Gasteiger partial charge >= 0.3 is 0 Å². The molecule has 0 bridgehead atoms. The Kier molecular flexibility index (Phi) is 8.34. The second-order valence-electron chi connectivity index (χ2n) is 7.23. The third kappa shape index (κ3) is 6.09. The van der Waals surface area contributed by atoms with E-state index in [1.807, 2.05) is 24.0 Å². The zero-order chi connectivity index (χ0) is 21.3. The quantitative estimate of drug-likeness (QED) is 0.527. The van der Waals surface area contributed by atoms with E-state index >= 15 is 0 Å². The number of ether oxygens (including phenoxy) is 2. The molecule has 162 valence electrons. The van der Waals surface area contributed by atoms with E-state index in [0.717, 1.165) is 38.0 Å². The summed E-state index contributed by atoms with van der Waals surface area (Å²) in [6.07, 6.45) is 2.55. The molecule has 1 aliphatic heterocycles. The van der Waals surface area contributed by atoms with Crippen LogP contribution in [0.3, 0.4) is 0 Å². The van der Waals surface area contributed by atoms with Crippen LogP contribution in [0.2, 0.25) is 5.02 Å². The van der Waals surface area contributed by atoms with Crippen LogP contribution in [0.5, 0.6) is 11.5 Å². The summed E-state index contributed by atoms with van der Waals surface area (Å²) in [6.45, 7) is 5.52. The maximum absolute atomic E-state index is 13.9. The largest absolute Gasteiger partial charge is 0.490 e. The summed E-state index contributed by atoms with van der Waals surface area (Å²) < 4.78 is 25.4. The van der Waals surface area contributed by atoms with Crippen molar-refractivity contribution in [2.45, 2.75) is 39.3 Å². The van der Waals surface area contributed by atoms with Crippen molar-refractivity contribution in [1.29, 1.82) is 0 Å². The topological polar surface area (TPSA) is 50.8 Å². The molecule has 0 spiro atoms. The minimum absolute atomic E-state index is 0.0687. The first-order chi connectivity index (χ1) is 14.6. The molecule has 1 fully saturated rings. The predicted molar refractivity (Wildman–Crippen MR) is 115 cm³/mol. The molecule has 0 aromatic heterocycles. The maximum atomic E-state index is 13.9. The van der Waals surface area contributed by atoms with Crippen LogP contribution in [0.15, 0.2) is 36.4 Å². The molecule has 0 atom stereocenters. The van der Waals surface area contributed by atoms with Gasteiger partial charge in [-0.05, 0) is 50.1 Å². The van der Waals surface area contributed by atoms with Crippen molar-refractivity contribution >= 4 is 17.5 Å². The van der Waals surface area contributed by atoms with E-state index in [9.17, 15) is 9.18 Å². The van der Waals surface area contributed by atoms with Crippen LogP contribution in [0, 0.1) is 5.82 Å². The van der Waals surface area contributed by atoms with E-state index in [1.54, 1.807) is 18.2 Å². The van der Waals surface area contributed by atoms with Crippen molar-refractivity contribution in [2.75, 3.05) is 26.2 Å². The smallest absolute Gasteiger partial charge is 0.222 e. The van der Waals surface area contributed by atoms with Gasteiger partial charge in [-0.1, -0.05) is 29.8 Å². The minimum Gasteiger partial charge on any atom is -0.490 e. The van der Waals surface area contributed by atoms with E-state index in [0.29, 0.717) is 41.7 Å². The third-order valence-corrected chi connectivity index (χ3v) is 5.26. The Labute approximate surface area is 182 Å². The number of nitrogens with one attached hydrogen (secondary N) is 1. The zero-order valence-corrected chi connectivity index (χ0v) is 18.0. The van der Waals surface area contributed by atoms with E-state index in [1.165, 1.54) is 6.07 Å². The second kappa shape index (κ2) is 11.2. The van der Waals surface area contributed by atoms with Gasteiger partial charge in [-0.2, -0.15) is 0 Å². The van der Waals surface area contributed by atoms with Crippen LogP contribution >= 0.6 is 11.6 Å². The van der Waals surface area contributed by atoms with Gasteiger partial charge in [0.1, 0.15) is 12.4 Å². The van der Waals surface area contributed by atoms with Crippen LogP contribution in [-0.2, 0) is 17.9 Å². The summed E-state index contributed by atoms with van der Waals surface area (Å²) in [4.78, 5) is 13.6. The van der Waals surface area contributed by atoms with Crippen LogP contribution in [0.1, 0.15) is 37.3 Å². The van der Waals surface area contributed by atoms with Crippen LogP contribution in [-0.4, -0.2) is 37.0 Å². The van der Waals surface area contributed by atoms with Crippen molar-refractivity contribution in [1.82, 2.24) is 10.2 Å². The SMILES string of the molecule is CCOc1cc(CNCCCN2CCCC2=O)cc(Cl)c1OCc1ccccc1F. The van der Waals surface area contributed by atoms with Crippen molar-refractivity contribution < 1.29 is 18.7 Å². The van der Waals surface area contributed by atoms with Crippen molar-refractivity contribution in [2.24, 2.45) is 0 Å². The fourth-order valence-corrected chi connectivity index (χ4v) is 3.75. The Balaban J connectivity index is 1.55. The van der Waals surface area contributed by atoms with Gasteiger partial charge in [0, 0.05) is 31.6 Å². The van der Waals surface area contributed by atoms with Gasteiger partial charge in [-0.15, -0.1) is 0 Å². The van der Waals surface area contributed by atoms with Crippen LogP contribution in [0.4, 0.5) is 4.39 Å². The predicted octanol–water partition coefficient (Wildman–Crippen LogP) is 4.56. The van der Waals surface area contributed by atoms with Gasteiger partial charge in [0.2, 0.25) is 5.91 Å². The molecule has 30 heavy (non-hydrogen) atoms. The van der Waals surface area contributed by atoms with Crippen molar-refractivity contribution in [3.05, 3.63) is 58.4 Å². The second-order valence-corrected chi connectivity index (χ2v) is 7.64. The Morgan fingerprint density at radius 3 is 2.80 bits per heavy atom. The van der Waals surface area contributed by atoms with E-state index < -0.39 is 0 Å². The molecule has 2 aromatic rings. The minimum atomic E-state index is -0.317. The third-order valence-electron chi connectivity index (χ3n) is 4.98. The molecular weight excluding hydrogens is 407 g/mol. The van der Waals surface area contributed by atoms with E-state index in [2.05, 4.69) is 5.32 Å². The number of carbonyl (C=O) groups is 1. The molecule has 1 heterocycles. The van der Waals surface area contributed by atoms with Crippen LogP contribution in [0.25, 0.3) is 0 Å². The molecule has 1 amide bonds. The van der Waals surface area contributed by atoms with Crippen molar-refractivity contribution in [3.8, 4) is 11.5 Å². The summed E-state index contributed by atoms with van der Waals surface area (Å²) in [6, 6.07) is 10.2. The maximum Gasteiger partial charge on any atom is 0.222 e. The molecule has 1 aliphatic rings. The molecule has 5 nitrogen and oxygen atoms in total. The summed E-state index contributed by atoms with van der Waals surface area (Å²) in [7, 11) is 0. The standard InChI is InChI=1S/C23H28ClFN2O3/c1-2-29-21-14-17(15-26-10-6-12-27-11-5-9-22(27)28)13-19(24)23(21)30-16-18-7-3-4-8-20(18)25/h3-4,7-8,13-14,26H,2,5-6,9-12,15-16H2,1H3. The number of benzene rings is 2. The Bertz CT molecular complexity index is 862. The molecule has 0 aliphatic carbocycles. The lowest BCUT2D eigenvalue weighted by molar-refractivity contribution is -0.127. The fraction of sp³-hybridized carbons (Fsp3) is 0.435. The van der Waals surface area contributed by atoms with Gasteiger partial charge in [-0.25, -0.2) is 4.39 Å². The Hall–Kier alpha value is -2.31. The summed E-state index contributed by atoms with van der Waals surface area (Å²) >= 11 is 6.45. The molecule has 3 rings (SSSR count).